The maximum Gasteiger partial charge on any atom is 0.0361 e. The van der Waals surface area contributed by atoms with Gasteiger partial charge in [0.05, 0.1) is 0 Å². The van der Waals surface area contributed by atoms with Gasteiger partial charge in [-0.15, -0.1) is 0 Å². The number of hydrogen-bond donors (Lipinski definition) is 1. The zero-order valence-electron chi connectivity index (χ0n) is 8.46. The third kappa shape index (κ3) is 2.31. The van der Waals surface area contributed by atoms with Gasteiger partial charge in [0.1, 0.15) is 0 Å². The van der Waals surface area contributed by atoms with Crippen molar-refractivity contribution in [3.8, 4) is 0 Å². The molecule has 0 aliphatic carbocycles. The second-order valence-electron chi connectivity index (χ2n) is 4.24. The van der Waals surface area contributed by atoms with E-state index in [9.17, 15) is 0 Å². The lowest BCUT2D eigenvalue weighted by Gasteiger charge is -2.18. The zero-order valence-corrected chi connectivity index (χ0v) is 8.46. The Bertz CT molecular complexity index is 321. The van der Waals surface area contributed by atoms with Crippen LogP contribution in [0.1, 0.15) is 31.9 Å². The summed E-state index contributed by atoms with van der Waals surface area (Å²) in [6, 6.07) is 2.04. The topological polar surface area (TPSA) is 38.9 Å². The van der Waals surface area contributed by atoms with Crippen molar-refractivity contribution in [2.45, 2.75) is 26.2 Å². The lowest BCUT2D eigenvalue weighted by atomic mass is 9.87. The van der Waals surface area contributed by atoms with Crippen LogP contribution < -0.4 is 5.73 Å². The SMILES string of the molecule is C=C(N)c1cncc(C(C)(C)C)c1. The molecule has 2 heteroatoms. The fraction of sp³-hybridized carbons (Fsp3) is 0.364. The van der Waals surface area contributed by atoms with E-state index in [0.717, 1.165) is 5.56 Å². The average Bonchev–Trinajstić information content (AvgIpc) is 2.03. The van der Waals surface area contributed by atoms with Gasteiger partial charge in [0.2, 0.25) is 0 Å². The largest absolute Gasteiger partial charge is 0.399 e. The molecule has 0 aliphatic heterocycles. The number of rotatable bonds is 1. The highest BCUT2D eigenvalue weighted by Crippen LogP contribution is 2.22. The van der Waals surface area contributed by atoms with Crippen molar-refractivity contribution < 1.29 is 0 Å². The van der Waals surface area contributed by atoms with E-state index in [0.29, 0.717) is 5.70 Å². The highest BCUT2D eigenvalue weighted by atomic mass is 14.7. The molecule has 0 fully saturated rings. The summed E-state index contributed by atoms with van der Waals surface area (Å²) in [4.78, 5) is 4.13. The summed E-state index contributed by atoms with van der Waals surface area (Å²) in [6.45, 7) is 10.1. The Hall–Kier alpha value is -1.31. The number of pyridine rings is 1. The fourth-order valence-electron chi connectivity index (χ4n) is 1.03. The first-order valence-corrected chi connectivity index (χ1v) is 4.31. The summed E-state index contributed by atoms with van der Waals surface area (Å²) in [5.74, 6) is 0. The zero-order chi connectivity index (χ0) is 10.1. The van der Waals surface area contributed by atoms with Crippen molar-refractivity contribution in [3.05, 3.63) is 36.2 Å². The van der Waals surface area contributed by atoms with Crippen LogP contribution in [-0.2, 0) is 5.41 Å². The summed E-state index contributed by atoms with van der Waals surface area (Å²) < 4.78 is 0. The number of nitrogens with zero attached hydrogens (tertiary/aromatic N) is 1. The van der Waals surface area contributed by atoms with Gasteiger partial charge in [-0.2, -0.15) is 0 Å². The van der Waals surface area contributed by atoms with Crippen LogP contribution >= 0.6 is 0 Å². The van der Waals surface area contributed by atoms with Crippen LogP contribution in [0.5, 0.6) is 0 Å². The van der Waals surface area contributed by atoms with Crippen LogP contribution in [0.3, 0.4) is 0 Å². The molecule has 0 spiro atoms. The predicted molar refractivity (Wildman–Crippen MR) is 56.2 cm³/mol. The minimum absolute atomic E-state index is 0.110. The normalized spacial score (nSPS) is 11.3. The van der Waals surface area contributed by atoms with Crippen LogP contribution in [0.25, 0.3) is 5.70 Å². The van der Waals surface area contributed by atoms with Gasteiger partial charge in [0.15, 0.2) is 0 Å². The Morgan fingerprint density at radius 3 is 2.46 bits per heavy atom. The van der Waals surface area contributed by atoms with Crippen molar-refractivity contribution in [2.24, 2.45) is 5.73 Å². The molecule has 13 heavy (non-hydrogen) atoms. The maximum atomic E-state index is 5.59. The third-order valence-corrected chi connectivity index (χ3v) is 1.98. The van der Waals surface area contributed by atoms with E-state index in [1.54, 1.807) is 6.20 Å². The van der Waals surface area contributed by atoms with Crippen LogP contribution in [0, 0.1) is 0 Å². The van der Waals surface area contributed by atoms with Crippen LogP contribution in [-0.4, -0.2) is 4.98 Å². The number of hydrogen-bond acceptors (Lipinski definition) is 2. The second-order valence-corrected chi connectivity index (χ2v) is 4.24. The smallest absolute Gasteiger partial charge is 0.0361 e. The summed E-state index contributed by atoms with van der Waals surface area (Å²) in [7, 11) is 0. The van der Waals surface area contributed by atoms with Crippen molar-refractivity contribution in [3.63, 3.8) is 0 Å². The summed E-state index contributed by atoms with van der Waals surface area (Å²) in [5, 5.41) is 0. The second kappa shape index (κ2) is 3.21. The standard InChI is InChI=1S/C11H16N2/c1-8(12)9-5-10(7-13-6-9)11(2,3)4/h5-7H,1,12H2,2-4H3. The minimum Gasteiger partial charge on any atom is -0.399 e. The van der Waals surface area contributed by atoms with E-state index >= 15 is 0 Å². The number of aromatic nitrogens is 1. The first kappa shape index (κ1) is 9.78. The molecule has 0 radical (unpaired) electrons. The van der Waals surface area contributed by atoms with Gasteiger partial charge in [-0.25, -0.2) is 0 Å². The Kier molecular flexibility index (Phi) is 2.41. The molecule has 2 N–H and O–H groups in total. The molecule has 0 aromatic carbocycles. The van der Waals surface area contributed by atoms with E-state index in [4.69, 9.17) is 5.73 Å². The van der Waals surface area contributed by atoms with E-state index < -0.39 is 0 Å². The summed E-state index contributed by atoms with van der Waals surface area (Å²) in [6.07, 6.45) is 3.60. The molecule has 0 amide bonds. The monoisotopic (exact) mass is 176 g/mol. The van der Waals surface area contributed by atoms with E-state index in [1.807, 2.05) is 12.3 Å². The summed E-state index contributed by atoms with van der Waals surface area (Å²) >= 11 is 0. The molecule has 0 saturated heterocycles. The quantitative estimate of drug-likeness (QED) is 0.713. The van der Waals surface area contributed by atoms with E-state index in [2.05, 4.69) is 32.3 Å². The van der Waals surface area contributed by atoms with Gasteiger partial charge in [-0.05, 0) is 17.0 Å². The van der Waals surface area contributed by atoms with Gasteiger partial charge in [0.25, 0.3) is 0 Å². The molecular formula is C11H16N2. The molecule has 0 saturated carbocycles. The van der Waals surface area contributed by atoms with Gasteiger partial charge in [-0.3, -0.25) is 4.98 Å². The highest BCUT2D eigenvalue weighted by molar-refractivity contribution is 5.59. The highest BCUT2D eigenvalue weighted by Gasteiger charge is 2.14. The predicted octanol–water partition coefficient (Wildman–Crippen LogP) is 2.31. The molecule has 0 bridgehead atoms. The van der Waals surface area contributed by atoms with Gasteiger partial charge >= 0.3 is 0 Å². The maximum absolute atomic E-state index is 5.59. The Labute approximate surface area is 79.5 Å². The van der Waals surface area contributed by atoms with E-state index in [1.165, 1.54) is 5.56 Å². The molecule has 0 unspecified atom stereocenters. The van der Waals surface area contributed by atoms with Crippen molar-refractivity contribution in [1.82, 2.24) is 4.98 Å². The molecule has 70 valence electrons. The van der Waals surface area contributed by atoms with Crippen molar-refractivity contribution in [1.29, 1.82) is 0 Å². The first-order valence-electron chi connectivity index (χ1n) is 4.31. The molecule has 0 aliphatic rings. The van der Waals surface area contributed by atoms with Crippen LogP contribution in [0.2, 0.25) is 0 Å². The Balaban J connectivity index is 3.13. The third-order valence-electron chi connectivity index (χ3n) is 1.98. The van der Waals surface area contributed by atoms with Crippen LogP contribution in [0.4, 0.5) is 0 Å². The molecule has 1 aromatic heterocycles. The van der Waals surface area contributed by atoms with Crippen molar-refractivity contribution in [2.75, 3.05) is 0 Å². The Morgan fingerprint density at radius 2 is 2.00 bits per heavy atom. The lowest BCUT2D eigenvalue weighted by Crippen LogP contribution is -2.12. The molecule has 1 rings (SSSR count). The Morgan fingerprint density at radius 1 is 1.38 bits per heavy atom. The minimum atomic E-state index is 0.110. The first-order chi connectivity index (χ1) is 5.91. The van der Waals surface area contributed by atoms with Crippen LogP contribution in [0.15, 0.2) is 25.0 Å². The van der Waals surface area contributed by atoms with E-state index in [-0.39, 0.29) is 5.41 Å². The molecular weight excluding hydrogens is 160 g/mol. The van der Waals surface area contributed by atoms with Gasteiger partial charge < -0.3 is 5.73 Å². The molecule has 2 nitrogen and oxygen atoms in total. The molecule has 1 heterocycles. The van der Waals surface area contributed by atoms with Crippen molar-refractivity contribution >= 4 is 5.70 Å². The fourth-order valence-corrected chi connectivity index (χ4v) is 1.03. The van der Waals surface area contributed by atoms with Gasteiger partial charge in [0, 0.05) is 23.7 Å². The molecule has 1 aromatic rings. The lowest BCUT2D eigenvalue weighted by molar-refractivity contribution is 0.587. The summed E-state index contributed by atoms with van der Waals surface area (Å²) in [5.41, 5.74) is 8.36. The average molecular weight is 176 g/mol. The van der Waals surface area contributed by atoms with Gasteiger partial charge in [-0.1, -0.05) is 27.4 Å². The number of nitrogens with two attached hydrogens (primary N) is 1. The molecule has 0 atom stereocenters.